The van der Waals surface area contributed by atoms with Crippen LogP contribution in [0, 0.1) is 11.7 Å². The van der Waals surface area contributed by atoms with Crippen LogP contribution in [-0.4, -0.2) is 42.3 Å². The van der Waals surface area contributed by atoms with Crippen molar-refractivity contribution in [3.8, 4) is 0 Å². The lowest BCUT2D eigenvalue weighted by molar-refractivity contribution is -0.164. The minimum atomic E-state index is -1.01. The van der Waals surface area contributed by atoms with E-state index in [-0.39, 0.29) is 6.42 Å². The molecule has 0 bridgehead atoms. The van der Waals surface area contributed by atoms with E-state index in [0.29, 0.717) is 5.56 Å². The van der Waals surface area contributed by atoms with Gasteiger partial charge in [-0.1, -0.05) is 12.1 Å². The van der Waals surface area contributed by atoms with E-state index in [9.17, 15) is 19.1 Å². The van der Waals surface area contributed by atoms with Crippen LogP contribution in [-0.2, 0) is 14.3 Å². The molecular formula is C14H16FNO4. The fourth-order valence-electron chi connectivity index (χ4n) is 2.49. The van der Waals surface area contributed by atoms with Gasteiger partial charge in [-0.25, -0.2) is 4.39 Å². The van der Waals surface area contributed by atoms with Gasteiger partial charge in [-0.3, -0.25) is 9.59 Å². The van der Waals surface area contributed by atoms with Gasteiger partial charge in [-0.05, 0) is 17.7 Å². The zero-order valence-electron chi connectivity index (χ0n) is 11.2. The maximum Gasteiger partial charge on any atom is 0.318 e. The molecule has 1 aliphatic heterocycles. The van der Waals surface area contributed by atoms with Gasteiger partial charge in [0.2, 0.25) is 5.91 Å². The molecule has 1 saturated heterocycles. The van der Waals surface area contributed by atoms with E-state index in [2.05, 4.69) is 4.74 Å². The van der Waals surface area contributed by atoms with E-state index < -0.39 is 35.8 Å². The van der Waals surface area contributed by atoms with Gasteiger partial charge in [0.15, 0.2) is 0 Å². The van der Waals surface area contributed by atoms with Gasteiger partial charge in [0.05, 0.1) is 7.11 Å². The van der Waals surface area contributed by atoms with E-state index in [1.54, 1.807) is 0 Å². The van der Waals surface area contributed by atoms with E-state index in [0.717, 1.165) is 4.90 Å². The fourth-order valence-corrected chi connectivity index (χ4v) is 2.49. The van der Waals surface area contributed by atoms with Gasteiger partial charge in [0.25, 0.3) is 0 Å². The molecule has 1 aliphatic rings. The number of nitrogens with zero attached hydrogens (tertiary/aromatic N) is 1. The Balaban J connectivity index is 2.38. The number of aliphatic hydroxyl groups is 1. The van der Waals surface area contributed by atoms with Crippen molar-refractivity contribution in [1.29, 1.82) is 0 Å². The topological polar surface area (TPSA) is 66.8 Å². The normalized spacial score (nSPS) is 26.5. The van der Waals surface area contributed by atoms with Gasteiger partial charge in [0.1, 0.15) is 18.0 Å². The molecule has 20 heavy (non-hydrogen) atoms. The van der Waals surface area contributed by atoms with Crippen molar-refractivity contribution >= 4 is 11.9 Å². The van der Waals surface area contributed by atoms with Crippen LogP contribution in [0.2, 0.25) is 0 Å². The van der Waals surface area contributed by atoms with Gasteiger partial charge in [0, 0.05) is 19.4 Å². The van der Waals surface area contributed by atoms with E-state index >= 15 is 0 Å². The molecule has 2 rings (SSSR count). The van der Waals surface area contributed by atoms with E-state index in [1.807, 2.05) is 0 Å². The highest BCUT2D eigenvalue weighted by molar-refractivity contribution is 5.99. The Morgan fingerprint density at radius 3 is 2.55 bits per heavy atom. The van der Waals surface area contributed by atoms with Gasteiger partial charge >= 0.3 is 5.97 Å². The highest BCUT2D eigenvalue weighted by atomic mass is 19.1. The number of hydrogen-bond donors (Lipinski definition) is 1. The third kappa shape index (κ3) is 2.51. The van der Waals surface area contributed by atoms with Gasteiger partial charge < -0.3 is 14.7 Å². The lowest BCUT2D eigenvalue weighted by Gasteiger charge is -2.38. The standard InChI is InChI=1S/C14H16FNO4/c1-16-11(17)7-10(8-3-5-9(15)6-4-8)12(13(16)18)14(19)20-2/h3-6,10-12,17H,7H2,1-2H3/t10-,11?,12-/m0/s1. The zero-order valence-corrected chi connectivity index (χ0v) is 11.2. The Bertz CT molecular complexity index is 516. The molecule has 0 aliphatic carbocycles. The zero-order chi connectivity index (χ0) is 14.9. The first-order valence-corrected chi connectivity index (χ1v) is 6.23. The Morgan fingerprint density at radius 2 is 2.00 bits per heavy atom. The monoisotopic (exact) mass is 281 g/mol. The van der Waals surface area contributed by atoms with Crippen molar-refractivity contribution in [1.82, 2.24) is 4.90 Å². The number of halogens is 1. The number of benzene rings is 1. The number of carbonyl (C=O) groups excluding carboxylic acids is 2. The Hall–Kier alpha value is -1.95. The quantitative estimate of drug-likeness (QED) is 0.645. The molecule has 1 N–H and O–H groups in total. The van der Waals surface area contributed by atoms with Gasteiger partial charge in [-0.15, -0.1) is 0 Å². The highest BCUT2D eigenvalue weighted by Crippen LogP contribution is 2.36. The SMILES string of the molecule is COC(=O)[C@@H]1C(=O)N(C)C(O)C[C@H]1c1ccc(F)cc1. The number of esters is 1. The average Bonchev–Trinajstić information content (AvgIpc) is 2.44. The molecule has 5 nitrogen and oxygen atoms in total. The lowest BCUT2D eigenvalue weighted by Crippen LogP contribution is -2.51. The van der Waals surface area contributed by atoms with Crippen molar-refractivity contribution in [3.63, 3.8) is 0 Å². The molecule has 3 atom stereocenters. The second kappa shape index (κ2) is 5.58. The molecule has 1 aromatic carbocycles. The first-order chi connectivity index (χ1) is 9.45. The number of likely N-dealkylation sites (tertiary alicyclic amines) is 1. The number of piperidine rings is 1. The molecule has 1 aromatic rings. The summed E-state index contributed by atoms with van der Waals surface area (Å²) in [6.45, 7) is 0. The summed E-state index contributed by atoms with van der Waals surface area (Å²) in [5, 5.41) is 9.89. The predicted octanol–water partition coefficient (Wildman–Crippen LogP) is 0.879. The first kappa shape index (κ1) is 14.5. The Kier molecular flexibility index (Phi) is 4.04. The average molecular weight is 281 g/mol. The van der Waals surface area contributed by atoms with Crippen LogP contribution in [0.15, 0.2) is 24.3 Å². The van der Waals surface area contributed by atoms with Crippen molar-refractivity contribution in [2.24, 2.45) is 5.92 Å². The summed E-state index contributed by atoms with van der Waals surface area (Å²) >= 11 is 0. The largest absolute Gasteiger partial charge is 0.468 e. The maximum atomic E-state index is 13.0. The third-order valence-corrected chi connectivity index (χ3v) is 3.68. The Morgan fingerprint density at radius 1 is 1.40 bits per heavy atom. The molecular weight excluding hydrogens is 265 g/mol. The molecule has 1 fully saturated rings. The number of methoxy groups -OCH3 is 1. The molecule has 1 heterocycles. The molecule has 1 amide bonds. The number of ether oxygens (including phenoxy) is 1. The summed E-state index contributed by atoms with van der Waals surface area (Å²) in [5.74, 6) is -3.09. The summed E-state index contributed by atoms with van der Waals surface area (Å²) in [4.78, 5) is 25.2. The van der Waals surface area contributed by atoms with Crippen molar-refractivity contribution < 1.29 is 23.8 Å². The molecule has 0 aromatic heterocycles. The summed E-state index contributed by atoms with van der Waals surface area (Å²) in [6, 6.07) is 5.56. The molecule has 6 heteroatoms. The molecule has 108 valence electrons. The number of hydrogen-bond acceptors (Lipinski definition) is 4. The summed E-state index contributed by atoms with van der Waals surface area (Å²) < 4.78 is 17.7. The second-order valence-corrected chi connectivity index (χ2v) is 4.82. The minimum absolute atomic E-state index is 0.202. The van der Waals surface area contributed by atoms with Crippen LogP contribution >= 0.6 is 0 Å². The fraction of sp³-hybridized carbons (Fsp3) is 0.429. The van der Waals surface area contributed by atoms with Crippen LogP contribution < -0.4 is 0 Å². The van der Waals surface area contributed by atoms with Crippen molar-refractivity contribution in [2.45, 2.75) is 18.6 Å². The molecule has 0 spiro atoms. The van der Waals surface area contributed by atoms with Crippen molar-refractivity contribution in [3.05, 3.63) is 35.6 Å². The predicted molar refractivity (Wildman–Crippen MR) is 68.0 cm³/mol. The number of carbonyl (C=O) groups is 2. The summed E-state index contributed by atoms with van der Waals surface area (Å²) in [6.07, 6.45) is -0.772. The lowest BCUT2D eigenvalue weighted by atomic mass is 9.79. The van der Waals surface area contributed by atoms with Gasteiger partial charge in [-0.2, -0.15) is 0 Å². The van der Waals surface area contributed by atoms with Crippen LogP contribution in [0.5, 0.6) is 0 Å². The molecule has 0 saturated carbocycles. The number of aliphatic hydroxyl groups excluding tert-OH is 1. The van der Waals surface area contributed by atoms with Crippen molar-refractivity contribution in [2.75, 3.05) is 14.2 Å². The minimum Gasteiger partial charge on any atom is -0.468 e. The summed E-state index contributed by atoms with van der Waals surface area (Å²) in [5.41, 5.74) is 0.627. The van der Waals surface area contributed by atoms with Crippen LogP contribution in [0.25, 0.3) is 0 Å². The van der Waals surface area contributed by atoms with Crippen LogP contribution in [0.1, 0.15) is 17.9 Å². The molecule has 1 unspecified atom stereocenters. The number of rotatable bonds is 2. The third-order valence-electron chi connectivity index (χ3n) is 3.68. The molecule has 0 radical (unpaired) electrons. The van der Waals surface area contributed by atoms with Crippen LogP contribution in [0.3, 0.4) is 0 Å². The van der Waals surface area contributed by atoms with E-state index in [1.165, 1.54) is 38.4 Å². The second-order valence-electron chi connectivity index (χ2n) is 4.82. The summed E-state index contributed by atoms with van der Waals surface area (Å²) in [7, 11) is 2.65. The first-order valence-electron chi connectivity index (χ1n) is 6.23. The highest BCUT2D eigenvalue weighted by Gasteiger charge is 2.45. The van der Waals surface area contributed by atoms with E-state index in [4.69, 9.17) is 0 Å². The number of amides is 1. The maximum absolute atomic E-state index is 13.0. The smallest absolute Gasteiger partial charge is 0.318 e. The Labute approximate surface area is 116 Å². The van der Waals surface area contributed by atoms with Crippen LogP contribution in [0.4, 0.5) is 4.39 Å².